The molecule has 21 heavy (non-hydrogen) atoms. The Morgan fingerprint density at radius 2 is 1.86 bits per heavy atom. The first-order valence-electron chi connectivity index (χ1n) is 6.13. The minimum absolute atomic E-state index is 0.0169. The van der Waals surface area contributed by atoms with Crippen LogP contribution in [0.5, 0.6) is 0 Å². The summed E-state index contributed by atoms with van der Waals surface area (Å²) in [7, 11) is -3.96. The second kappa shape index (κ2) is 6.01. The van der Waals surface area contributed by atoms with E-state index in [2.05, 4.69) is 4.72 Å². The SMILES string of the molecule is CC(NS(=O)(=O)c1c(N)cccc1Cl)c1ccccc1F. The van der Waals surface area contributed by atoms with Crippen molar-refractivity contribution in [2.24, 2.45) is 0 Å². The van der Waals surface area contributed by atoms with E-state index in [0.29, 0.717) is 0 Å². The zero-order valence-electron chi connectivity index (χ0n) is 11.2. The predicted molar refractivity (Wildman–Crippen MR) is 81.0 cm³/mol. The molecule has 0 saturated carbocycles. The molecule has 0 saturated heterocycles. The molecule has 7 heteroatoms. The van der Waals surface area contributed by atoms with Crippen LogP contribution in [0.3, 0.4) is 0 Å². The summed E-state index contributed by atoms with van der Waals surface area (Å²) in [5, 5.41) is 0.0169. The van der Waals surface area contributed by atoms with Crippen LogP contribution in [0.2, 0.25) is 5.02 Å². The van der Waals surface area contributed by atoms with Crippen LogP contribution in [-0.4, -0.2) is 8.42 Å². The van der Waals surface area contributed by atoms with Crippen molar-refractivity contribution in [1.29, 1.82) is 0 Å². The summed E-state index contributed by atoms with van der Waals surface area (Å²) in [5.74, 6) is -0.486. The number of nitrogens with one attached hydrogen (secondary N) is 1. The van der Waals surface area contributed by atoms with Crippen molar-refractivity contribution in [3.05, 3.63) is 58.9 Å². The van der Waals surface area contributed by atoms with Gasteiger partial charge in [-0.25, -0.2) is 17.5 Å². The van der Waals surface area contributed by atoms with E-state index in [1.165, 1.54) is 30.3 Å². The van der Waals surface area contributed by atoms with E-state index in [1.54, 1.807) is 19.1 Å². The highest BCUT2D eigenvalue weighted by Crippen LogP contribution is 2.28. The third-order valence-electron chi connectivity index (χ3n) is 2.97. The molecule has 4 nitrogen and oxygen atoms in total. The molecule has 3 N–H and O–H groups in total. The van der Waals surface area contributed by atoms with Gasteiger partial charge in [-0.05, 0) is 25.1 Å². The molecule has 0 bridgehead atoms. The van der Waals surface area contributed by atoms with E-state index >= 15 is 0 Å². The fourth-order valence-corrected chi connectivity index (χ4v) is 3.89. The van der Waals surface area contributed by atoms with Gasteiger partial charge in [-0.15, -0.1) is 0 Å². The summed E-state index contributed by atoms with van der Waals surface area (Å²) < 4.78 is 40.8. The molecule has 0 aromatic heterocycles. The van der Waals surface area contributed by atoms with E-state index in [0.717, 1.165) is 0 Å². The molecule has 2 aromatic carbocycles. The molecular formula is C14H14ClFN2O2S. The summed E-state index contributed by atoms with van der Waals surface area (Å²) in [4.78, 5) is -0.199. The number of rotatable bonds is 4. The first-order chi connectivity index (χ1) is 9.83. The van der Waals surface area contributed by atoms with Gasteiger partial charge in [-0.1, -0.05) is 35.9 Å². The largest absolute Gasteiger partial charge is 0.398 e. The third kappa shape index (κ3) is 3.34. The van der Waals surface area contributed by atoms with Gasteiger partial charge in [-0.2, -0.15) is 0 Å². The zero-order valence-corrected chi connectivity index (χ0v) is 12.7. The van der Waals surface area contributed by atoms with Gasteiger partial charge in [0.2, 0.25) is 10.0 Å². The highest BCUT2D eigenvalue weighted by atomic mass is 35.5. The number of sulfonamides is 1. The van der Waals surface area contributed by atoms with Crippen molar-refractivity contribution in [2.75, 3.05) is 5.73 Å². The second-order valence-corrected chi connectivity index (χ2v) is 6.58. The number of halogens is 2. The Hall–Kier alpha value is -1.63. The zero-order chi connectivity index (χ0) is 15.6. The maximum Gasteiger partial charge on any atom is 0.244 e. The normalized spacial score (nSPS) is 13.1. The summed E-state index contributed by atoms with van der Waals surface area (Å²) in [6.45, 7) is 1.54. The molecule has 0 spiro atoms. The van der Waals surface area contributed by atoms with Crippen LogP contribution in [0, 0.1) is 5.82 Å². The van der Waals surface area contributed by atoms with Crippen LogP contribution >= 0.6 is 11.6 Å². The number of nitrogens with two attached hydrogens (primary N) is 1. The fraction of sp³-hybridized carbons (Fsp3) is 0.143. The van der Waals surface area contributed by atoms with Crippen LogP contribution in [0.15, 0.2) is 47.4 Å². The fourth-order valence-electron chi connectivity index (χ4n) is 1.99. The summed E-state index contributed by atoms with van der Waals surface area (Å²) in [6, 6.07) is 9.61. The monoisotopic (exact) mass is 328 g/mol. The quantitative estimate of drug-likeness (QED) is 0.847. The van der Waals surface area contributed by atoms with E-state index in [-0.39, 0.29) is 21.2 Å². The first kappa shape index (κ1) is 15.8. The maximum absolute atomic E-state index is 13.7. The standard InChI is InChI=1S/C14H14ClFN2O2S/c1-9(10-5-2-3-7-12(10)16)18-21(19,20)14-11(15)6-4-8-13(14)17/h2-9,18H,17H2,1H3. The molecule has 1 atom stereocenters. The van der Waals surface area contributed by atoms with E-state index in [4.69, 9.17) is 17.3 Å². The number of anilines is 1. The number of benzene rings is 2. The first-order valence-corrected chi connectivity index (χ1v) is 8.00. The Kier molecular flexibility index (Phi) is 4.51. The Morgan fingerprint density at radius 3 is 2.48 bits per heavy atom. The molecule has 2 rings (SSSR count). The van der Waals surface area contributed by atoms with Crippen LogP contribution < -0.4 is 10.5 Å². The average Bonchev–Trinajstić information content (AvgIpc) is 2.37. The minimum Gasteiger partial charge on any atom is -0.398 e. The highest BCUT2D eigenvalue weighted by molar-refractivity contribution is 7.89. The molecule has 1 unspecified atom stereocenters. The summed E-state index contributed by atoms with van der Waals surface area (Å²) in [5.41, 5.74) is 5.95. The second-order valence-electron chi connectivity index (χ2n) is 4.52. The Balaban J connectivity index is 2.36. The summed E-state index contributed by atoms with van der Waals surface area (Å²) >= 11 is 5.90. The molecule has 2 aromatic rings. The van der Waals surface area contributed by atoms with Crippen molar-refractivity contribution in [2.45, 2.75) is 17.9 Å². The van der Waals surface area contributed by atoms with Crippen LogP contribution in [0.25, 0.3) is 0 Å². The lowest BCUT2D eigenvalue weighted by Gasteiger charge is -2.17. The highest BCUT2D eigenvalue weighted by Gasteiger charge is 2.24. The maximum atomic E-state index is 13.7. The van der Waals surface area contributed by atoms with E-state index < -0.39 is 21.9 Å². The van der Waals surface area contributed by atoms with Gasteiger partial charge in [0.15, 0.2) is 0 Å². The van der Waals surface area contributed by atoms with Crippen LogP contribution in [0.1, 0.15) is 18.5 Å². The lowest BCUT2D eigenvalue weighted by molar-refractivity contribution is 0.550. The molecule has 0 radical (unpaired) electrons. The molecule has 0 amide bonds. The van der Waals surface area contributed by atoms with Crippen molar-refractivity contribution in [3.63, 3.8) is 0 Å². The number of hydrogen-bond acceptors (Lipinski definition) is 3. The van der Waals surface area contributed by atoms with Crippen LogP contribution in [0.4, 0.5) is 10.1 Å². The van der Waals surface area contributed by atoms with E-state index in [9.17, 15) is 12.8 Å². The third-order valence-corrected chi connectivity index (χ3v) is 5.05. The Labute approximate surface area is 127 Å². The molecule has 0 aliphatic carbocycles. The van der Waals surface area contributed by atoms with Crippen LogP contribution in [-0.2, 0) is 10.0 Å². The number of nitrogen functional groups attached to an aromatic ring is 1. The van der Waals surface area contributed by atoms with E-state index in [1.807, 2.05) is 0 Å². The van der Waals surface area contributed by atoms with Gasteiger partial charge in [-0.3, -0.25) is 0 Å². The lowest BCUT2D eigenvalue weighted by Crippen LogP contribution is -2.28. The predicted octanol–water partition coefficient (Wildman–Crippen LogP) is 3.10. The molecular weight excluding hydrogens is 315 g/mol. The van der Waals surface area contributed by atoms with Gasteiger partial charge < -0.3 is 5.73 Å². The van der Waals surface area contributed by atoms with Crippen molar-refractivity contribution in [3.8, 4) is 0 Å². The van der Waals surface area contributed by atoms with Gasteiger partial charge >= 0.3 is 0 Å². The van der Waals surface area contributed by atoms with Gasteiger partial charge in [0.1, 0.15) is 10.7 Å². The molecule has 0 aliphatic rings. The number of hydrogen-bond donors (Lipinski definition) is 2. The smallest absolute Gasteiger partial charge is 0.244 e. The van der Waals surface area contributed by atoms with Crippen molar-refractivity contribution < 1.29 is 12.8 Å². The Morgan fingerprint density at radius 1 is 1.19 bits per heavy atom. The molecule has 0 fully saturated rings. The van der Waals surface area contributed by atoms with Gasteiger partial charge in [0, 0.05) is 11.6 Å². The molecule has 0 aliphatic heterocycles. The van der Waals surface area contributed by atoms with Gasteiger partial charge in [0.25, 0.3) is 0 Å². The summed E-state index contributed by atoms with van der Waals surface area (Å²) in [6.07, 6.45) is 0. The van der Waals surface area contributed by atoms with Gasteiger partial charge in [0.05, 0.1) is 10.7 Å². The van der Waals surface area contributed by atoms with Crippen molar-refractivity contribution >= 4 is 27.3 Å². The average molecular weight is 329 g/mol. The molecule has 112 valence electrons. The van der Waals surface area contributed by atoms with Crippen molar-refractivity contribution in [1.82, 2.24) is 4.72 Å². The topological polar surface area (TPSA) is 72.2 Å². The minimum atomic E-state index is -3.96. The Bertz CT molecular complexity index is 745. The molecule has 0 heterocycles. The lowest BCUT2D eigenvalue weighted by atomic mass is 10.1.